The van der Waals surface area contributed by atoms with E-state index in [1.54, 1.807) is 6.92 Å². The fourth-order valence-electron chi connectivity index (χ4n) is 1.64. The van der Waals surface area contributed by atoms with E-state index < -0.39 is 6.04 Å². The number of ketones is 1. The average Bonchev–Trinajstić information content (AvgIpc) is 2.62. The quantitative estimate of drug-likeness (QED) is 0.691. The summed E-state index contributed by atoms with van der Waals surface area (Å²) in [6.07, 6.45) is 4.54. The van der Waals surface area contributed by atoms with Crippen LogP contribution in [-0.4, -0.2) is 21.8 Å². The van der Waals surface area contributed by atoms with Crippen LogP contribution in [0.1, 0.15) is 35.2 Å². The minimum atomic E-state index is -0.497. The first kappa shape index (κ1) is 9.27. The Bertz CT molecular complexity index is 374. The number of carbonyl (C=O) groups is 1. The lowest BCUT2D eigenvalue weighted by atomic mass is 10.1. The molecule has 4 heteroatoms. The van der Waals surface area contributed by atoms with Gasteiger partial charge in [-0.25, -0.2) is 4.98 Å². The topological polar surface area (TPSA) is 68.9 Å². The van der Waals surface area contributed by atoms with E-state index in [9.17, 15) is 4.79 Å². The number of aromatic nitrogens is 2. The highest BCUT2D eigenvalue weighted by Gasteiger charge is 2.18. The van der Waals surface area contributed by atoms with Crippen LogP contribution < -0.4 is 5.73 Å². The van der Waals surface area contributed by atoms with E-state index in [1.165, 1.54) is 6.20 Å². The van der Waals surface area contributed by atoms with Gasteiger partial charge < -0.3 is 5.73 Å². The van der Waals surface area contributed by atoms with Gasteiger partial charge in [-0.3, -0.25) is 9.78 Å². The first-order chi connectivity index (χ1) is 6.68. The molecule has 14 heavy (non-hydrogen) atoms. The molecule has 0 bridgehead atoms. The molecule has 0 spiro atoms. The van der Waals surface area contributed by atoms with Crippen LogP contribution in [0.25, 0.3) is 0 Å². The molecular weight excluding hydrogens is 178 g/mol. The van der Waals surface area contributed by atoms with Crippen molar-refractivity contribution in [2.24, 2.45) is 5.73 Å². The van der Waals surface area contributed by atoms with Gasteiger partial charge in [-0.05, 0) is 26.2 Å². The van der Waals surface area contributed by atoms with Gasteiger partial charge in [-0.1, -0.05) is 0 Å². The SMILES string of the molecule is CC(N)C(=O)c1cnc2c(n1)CCC2. The molecule has 4 nitrogen and oxygen atoms in total. The summed E-state index contributed by atoms with van der Waals surface area (Å²) >= 11 is 0. The fourth-order valence-corrected chi connectivity index (χ4v) is 1.64. The molecule has 0 aliphatic heterocycles. The molecule has 1 heterocycles. The van der Waals surface area contributed by atoms with Crippen LogP contribution in [0, 0.1) is 0 Å². The molecule has 0 amide bonds. The van der Waals surface area contributed by atoms with Crippen LogP contribution in [-0.2, 0) is 12.8 Å². The Morgan fingerprint density at radius 1 is 1.50 bits per heavy atom. The monoisotopic (exact) mass is 191 g/mol. The molecule has 1 unspecified atom stereocenters. The van der Waals surface area contributed by atoms with Crippen molar-refractivity contribution in [1.29, 1.82) is 0 Å². The molecule has 2 N–H and O–H groups in total. The molecule has 1 aromatic rings. The fraction of sp³-hybridized carbons (Fsp3) is 0.500. The summed E-state index contributed by atoms with van der Waals surface area (Å²) in [5.41, 5.74) is 7.90. The van der Waals surface area contributed by atoms with Crippen LogP contribution >= 0.6 is 0 Å². The maximum Gasteiger partial charge on any atom is 0.199 e. The maximum absolute atomic E-state index is 11.5. The van der Waals surface area contributed by atoms with Crippen molar-refractivity contribution in [2.45, 2.75) is 32.2 Å². The summed E-state index contributed by atoms with van der Waals surface area (Å²) in [6, 6.07) is -0.497. The van der Waals surface area contributed by atoms with Gasteiger partial charge in [-0.15, -0.1) is 0 Å². The maximum atomic E-state index is 11.5. The summed E-state index contributed by atoms with van der Waals surface area (Å²) in [5.74, 6) is -0.132. The van der Waals surface area contributed by atoms with Crippen molar-refractivity contribution in [1.82, 2.24) is 9.97 Å². The summed E-state index contributed by atoms with van der Waals surface area (Å²) < 4.78 is 0. The standard InChI is InChI=1S/C10H13N3O/c1-6(11)10(14)9-5-12-7-3-2-4-8(7)13-9/h5-6H,2-4,11H2,1H3. The summed E-state index contributed by atoms with van der Waals surface area (Å²) in [7, 11) is 0. The van der Waals surface area contributed by atoms with Crippen LogP contribution in [0.2, 0.25) is 0 Å². The van der Waals surface area contributed by atoms with E-state index in [1.807, 2.05) is 0 Å². The number of Topliss-reactive ketones (excluding diaryl/α,β-unsaturated/α-hetero) is 1. The van der Waals surface area contributed by atoms with Crippen molar-refractivity contribution in [3.63, 3.8) is 0 Å². The normalized spacial score (nSPS) is 16.4. The second-order valence-electron chi connectivity index (χ2n) is 3.66. The van der Waals surface area contributed by atoms with Crippen molar-refractivity contribution in [2.75, 3.05) is 0 Å². The number of rotatable bonds is 2. The zero-order valence-corrected chi connectivity index (χ0v) is 8.16. The molecule has 0 saturated carbocycles. The highest BCUT2D eigenvalue weighted by Crippen LogP contribution is 2.17. The van der Waals surface area contributed by atoms with Crippen molar-refractivity contribution < 1.29 is 4.79 Å². The van der Waals surface area contributed by atoms with E-state index in [0.29, 0.717) is 5.69 Å². The number of nitrogens with two attached hydrogens (primary N) is 1. The van der Waals surface area contributed by atoms with E-state index in [-0.39, 0.29) is 5.78 Å². The summed E-state index contributed by atoms with van der Waals surface area (Å²) in [5, 5.41) is 0. The molecule has 0 saturated heterocycles. The van der Waals surface area contributed by atoms with Crippen molar-refractivity contribution >= 4 is 5.78 Å². The predicted molar refractivity (Wildman–Crippen MR) is 52.0 cm³/mol. The van der Waals surface area contributed by atoms with Crippen LogP contribution in [0.3, 0.4) is 0 Å². The molecule has 74 valence electrons. The molecule has 2 rings (SSSR count). The molecule has 1 aliphatic rings. The van der Waals surface area contributed by atoms with E-state index in [0.717, 1.165) is 30.7 Å². The average molecular weight is 191 g/mol. The molecule has 1 atom stereocenters. The van der Waals surface area contributed by atoms with Crippen molar-refractivity contribution in [3.8, 4) is 0 Å². The van der Waals surface area contributed by atoms with Crippen LogP contribution in [0.5, 0.6) is 0 Å². The van der Waals surface area contributed by atoms with Crippen LogP contribution in [0.15, 0.2) is 6.20 Å². The second kappa shape index (κ2) is 3.46. The summed E-state index contributed by atoms with van der Waals surface area (Å²) in [4.78, 5) is 20.0. The highest BCUT2D eigenvalue weighted by atomic mass is 16.1. The Morgan fingerprint density at radius 3 is 2.93 bits per heavy atom. The summed E-state index contributed by atoms with van der Waals surface area (Å²) in [6.45, 7) is 1.66. The molecule has 0 fully saturated rings. The number of hydrogen-bond acceptors (Lipinski definition) is 4. The predicted octanol–water partition coefficient (Wildman–Crippen LogP) is 0.495. The largest absolute Gasteiger partial charge is 0.321 e. The molecule has 0 radical (unpaired) electrons. The van der Waals surface area contributed by atoms with Gasteiger partial charge in [0.2, 0.25) is 0 Å². The second-order valence-corrected chi connectivity index (χ2v) is 3.66. The minimum absolute atomic E-state index is 0.132. The third kappa shape index (κ3) is 1.53. The molecule has 1 aromatic heterocycles. The minimum Gasteiger partial charge on any atom is -0.321 e. The van der Waals surface area contributed by atoms with Gasteiger partial charge in [0.05, 0.1) is 23.6 Å². The Hall–Kier alpha value is -1.29. The van der Waals surface area contributed by atoms with Gasteiger partial charge in [-0.2, -0.15) is 0 Å². The zero-order valence-electron chi connectivity index (χ0n) is 8.16. The lowest BCUT2D eigenvalue weighted by Gasteiger charge is -2.04. The lowest BCUT2D eigenvalue weighted by Crippen LogP contribution is -2.27. The third-order valence-corrected chi connectivity index (χ3v) is 2.42. The van der Waals surface area contributed by atoms with Gasteiger partial charge >= 0.3 is 0 Å². The van der Waals surface area contributed by atoms with E-state index in [4.69, 9.17) is 5.73 Å². The number of hydrogen-bond donors (Lipinski definition) is 1. The van der Waals surface area contributed by atoms with Crippen molar-refractivity contribution in [3.05, 3.63) is 23.3 Å². The highest BCUT2D eigenvalue weighted by molar-refractivity contribution is 5.97. The third-order valence-electron chi connectivity index (χ3n) is 2.42. The zero-order chi connectivity index (χ0) is 10.1. The van der Waals surface area contributed by atoms with Gasteiger partial charge in [0, 0.05) is 0 Å². The molecule has 1 aliphatic carbocycles. The number of carbonyl (C=O) groups excluding carboxylic acids is 1. The molecular formula is C10H13N3O. The number of aryl methyl sites for hydroxylation is 2. The van der Waals surface area contributed by atoms with Gasteiger partial charge in [0.25, 0.3) is 0 Å². The van der Waals surface area contributed by atoms with Gasteiger partial charge in [0.1, 0.15) is 5.69 Å². The Kier molecular flexibility index (Phi) is 2.29. The van der Waals surface area contributed by atoms with Gasteiger partial charge in [0.15, 0.2) is 5.78 Å². The van der Waals surface area contributed by atoms with E-state index in [2.05, 4.69) is 9.97 Å². The first-order valence-electron chi connectivity index (χ1n) is 4.83. The Labute approximate surface area is 82.6 Å². The lowest BCUT2D eigenvalue weighted by molar-refractivity contribution is 0.0962. The number of nitrogens with zero attached hydrogens (tertiary/aromatic N) is 2. The van der Waals surface area contributed by atoms with Crippen LogP contribution in [0.4, 0.5) is 0 Å². The number of fused-ring (bicyclic) bond motifs is 1. The molecule has 0 aromatic carbocycles. The Morgan fingerprint density at radius 2 is 2.21 bits per heavy atom. The first-order valence-corrected chi connectivity index (χ1v) is 4.83. The van der Waals surface area contributed by atoms with E-state index >= 15 is 0 Å². The Balaban J connectivity index is 2.33. The smallest absolute Gasteiger partial charge is 0.199 e.